The van der Waals surface area contributed by atoms with Crippen molar-refractivity contribution in [3.8, 4) is 5.75 Å². The highest BCUT2D eigenvalue weighted by Gasteiger charge is 2.09. The van der Waals surface area contributed by atoms with Gasteiger partial charge in [-0.15, -0.1) is 0 Å². The van der Waals surface area contributed by atoms with Crippen LogP contribution < -0.4 is 9.80 Å². The van der Waals surface area contributed by atoms with E-state index in [0.29, 0.717) is 16.5 Å². The molecule has 0 saturated carbocycles. The van der Waals surface area contributed by atoms with E-state index in [9.17, 15) is 10.0 Å². The minimum atomic E-state index is -0.513. The summed E-state index contributed by atoms with van der Waals surface area (Å²) < 4.78 is 5.03. The van der Waals surface area contributed by atoms with Gasteiger partial charge in [0.15, 0.2) is 0 Å². The lowest BCUT2D eigenvalue weighted by atomic mass is 10.1. The van der Waals surface area contributed by atoms with Gasteiger partial charge in [-0.2, -0.15) is 5.06 Å². The molecule has 21 heavy (non-hydrogen) atoms. The molecule has 0 fully saturated rings. The topological polar surface area (TPSA) is 49.8 Å². The van der Waals surface area contributed by atoms with Crippen molar-refractivity contribution in [1.82, 2.24) is 0 Å². The Balaban J connectivity index is 2.06. The van der Waals surface area contributed by atoms with E-state index in [1.54, 1.807) is 37.5 Å². The van der Waals surface area contributed by atoms with E-state index < -0.39 is 5.91 Å². The molecule has 0 bridgehead atoms. The monoisotopic (exact) mass is 283 g/mol. The fourth-order valence-electron chi connectivity index (χ4n) is 1.77. The number of rotatable bonds is 4. The molecule has 0 aliphatic heterocycles. The van der Waals surface area contributed by atoms with E-state index in [0.717, 1.165) is 11.1 Å². The molecule has 0 spiro atoms. The van der Waals surface area contributed by atoms with Gasteiger partial charge in [0.2, 0.25) is 0 Å². The van der Waals surface area contributed by atoms with Crippen LogP contribution in [-0.4, -0.2) is 18.2 Å². The van der Waals surface area contributed by atoms with Gasteiger partial charge in [-0.3, -0.25) is 10.0 Å². The van der Waals surface area contributed by atoms with Gasteiger partial charge < -0.3 is 4.74 Å². The Morgan fingerprint density at radius 2 is 1.71 bits per heavy atom. The Hall–Kier alpha value is -2.59. The molecule has 2 aromatic carbocycles. The van der Waals surface area contributed by atoms with Crippen molar-refractivity contribution in [3.63, 3.8) is 0 Å². The average Bonchev–Trinajstić information content (AvgIpc) is 2.53. The molecule has 0 unspecified atom stereocenters. The maximum absolute atomic E-state index is 11.9. The number of nitrogens with zero attached hydrogens (tertiary/aromatic N) is 1. The normalized spacial score (nSPS) is 10.6. The Labute approximate surface area is 123 Å². The maximum atomic E-state index is 11.9. The zero-order chi connectivity index (χ0) is 15.2. The quantitative estimate of drug-likeness (QED) is 0.531. The van der Waals surface area contributed by atoms with Gasteiger partial charge in [0.25, 0.3) is 5.91 Å². The first-order valence-electron chi connectivity index (χ1n) is 6.52. The number of methoxy groups -OCH3 is 1. The lowest BCUT2D eigenvalue weighted by molar-refractivity contribution is -0.118. The molecule has 108 valence electrons. The lowest BCUT2D eigenvalue weighted by Gasteiger charge is -2.13. The van der Waals surface area contributed by atoms with Crippen molar-refractivity contribution in [2.45, 2.75) is 6.92 Å². The second-order valence-electron chi connectivity index (χ2n) is 4.59. The zero-order valence-electron chi connectivity index (χ0n) is 12.0. The van der Waals surface area contributed by atoms with Crippen LogP contribution in [0.4, 0.5) is 5.69 Å². The highest BCUT2D eigenvalue weighted by atomic mass is 16.5. The fraction of sp³-hybridized carbons (Fsp3) is 0.118. The van der Waals surface area contributed by atoms with Gasteiger partial charge in [-0.25, -0.2) is 0 Å². The van der Waals surface area contributed by atoms with E-state index >= 15 is 0 Å². The minimum absolute atomic E-state index is 0.384. The Morgan fingerprint density at radius 3 is 2.29 bits per heavy atom. The molecule has 2 rings (SSSR count). The van der Waals surface area contributed by atoms with Crippen LogP contribution in [0.15, 0.2) is 54.6 Å². The van der Waals surface area contributed by atoms with Crippen molar-refractivity contribution in [2.75, 3.05) is 12.2 Å². The van der Waals surface area contributed by atoms with Gasteiger partial charge in [0.1, 0.15) is 5.75 Å². The summed E-state index contributed by atoms with van der Waals surface area (Å²) in [6.07, 6.45) is 2.99. The summed E-state index contributed by atoms with van der Waals surface area (Å²) in [4.78, 5) is 11.9. The summed E-state index contributed by atoms with van der Waals surface area (Å²) in [5.74, 6) is 0.149. The molecule has 0 aromatic heterocycles. The Kier molecular flexibility index (Phi) is 4.74. The number of hydrogen-bond acceptors (Lipinski definition) is 3. The average molecular weight is 283 g/mol. The first-order valence-corrected chi connectivity index (χ1v) is 6.52. The molecule has 2 aromatic rings. The molecule has 4 heteroatoms. The Morgan fingerprint density at radius 1 is 1.10 bits per heavy atom. The number of carbonyl (C=O) groups excluding carboxylic acids is 1. The molecule has 1 amide bonds. The number of hydroxylamine groups is 1. The molecule has 1 N–H and O–H groups in total. The molecule has 4 nitrogen and oxygen atoms in total. The molecule has 0 aliphatic rings. The Bertz CT molecular complexity index is 630. The number of hydrogen-bond donors (Lipinski definition) is 1. The number of aryl methyl sites for hydroxylation is 1. The summed E-state index contributed by atoms with van der Waals surface area (Å²) in [6, 6.07) is 14.3. The molecule has 0 heterocycles. The minimum Gasteiger partial charge on any atom is -0.497 e. The highest BCUT2D eigenvalue weighted by Crippen LogP contribution is 2.18. The first kappa shape index (κ1) is 14.8. The smallest absolute Gasteiger partial charge is 0.274 e. The standard InChI is InChI=1S/C17H17NO3/c1-13-3-5-14(6-4-13)7-12-17(19)18(20)15-8-10-16(21-2)11-9-15/h3-12,20H,1-2H3/b12-7+. The fourth-order valence-corrected chi connectivity index (χ4v) is 1.77. The third-order valence-electron chi connectivity index (χ3n) is 3.02. The van der Waals surface area contributed by atoms with Crippen LogP contribution >= 0.6 is 0 Å². The number of anilines is 1. The summed E-state index contributed by atoms with van der Waals surface area (Å²) in [5.41, 5.74) is 2.44. The lowest BCUT2D eigenvalue weighted by Crippen LogP contribution is -2.24. The zero-order valence-corrected chi connectivity index (χ0v) is 12.0. The van der Waals surface area contributed by atoms with E-state index in [1.165, 1.54) is 6.08 Å². The van der Waals surface area contributed by atoms with Crippen LogP contribution in [0.2, 0.25) is 0 Å². The van der Waals surface area contributed by atoms with E-state index in [1.807, 2.05) is 31.2 Å². The molecule has 0 atom stereocenters. The van der Waals surface area contributed by atoms with Crippen molar-refractivity contribution in [1.29, 1.82) is 0 Å². The number of benzene rings is 2. The van der Waals surface area contributed by atoms with Crippen molar-refractivity contribution in [3.05, 3.63) is 65.7 Å². The summed E-state index contributed by atoms with van der Waals surface area (Å²) in [7, 11) is 1.56. The van der Waals surface area contributed by atoms with E-state index in [-0.39, 0.29) is 0 Å². The van der Waals surface area contributed by atoms with Crippen LogP contribution in [0.25, 0.3) is 6.08 Å². The van der Waals surface area contributed by atoms with Crippen molar-refractivity contribution < 1.29 is 14.7 Å². The molecule has 0 radical (unpaired) electrons. The maximum Gasteiger partial charge on any atom is 0.274 e. The highest BCUT2D eigenvalue weighted by molar-refractivity contribution is 6.02. The summed E-state index contributed by atoms with van der Waals surface area (Å²) in [6.45, 7) is 2.00. The number of carbonyl (C=O) groups is 1. The van der Waals surface area contributed by atoms with Crippen LogP contribution in [0, 0.1) is 6.92 Å². The molecule has 0 aliphatic carbocycles. The van der Waals surface area contributed by atoms with Crippen LogP contribution in [0.1, 0.15) is 11.1 Å². The van der Waals surface area contributed by atoms with E-state index in [2.05, 4.69) is 0 Å². The van der Waals surface area contributed by atoms with Gasteiger partial charge >= 0.3 is 0 Å². The van der Waals surface area contributed by atoms with Crippen molar-refractivity contribution in [2.24, 2.45) is 0 Å². The van der Waals surface area contributed by atoms with Gasteiger partial charge in [-0.1, -0.05) is 29.8 Å². The van der Waals surface area contributed by atoms with Crippen LogP contribution in [0.5, 0.6) is 5.75 Å². The van der Waals surface area contributed by atoms with Gasteiger partial charge in [0.05, 0.1) is 12.8 Å². The predicted molar refractivity (Wildman–Crippen MR) is 82.5 cm³/mol. The number of amides is 1. The third kappa shape index (κ3) is 3.94. The molecular formula is C17H17NO3. The van der Waals surface area contributed by atoms with Gasteiger partial charge in [0, 0.05) is 6.08 Å². The summed E-state index contributed by atoms with van der Waals surface area (Å²) >= 11 is 0. The molecular weight excluding hydrogens is 266 g/mol. The SMILES string of the molecule is COc1ccc(N(O)C(=O)/C=C/c2ccc(C)cc2)cc1. The van der Waals surface area contributed by atoms with Crippen LogP contribution in [0.3, 0.4) is 0 Å². The van der Waals surface area contributed by atoms with E-state index in [4.69, 9.17) is 4.74 Å². The number of ether oxygens (including phenoxy) is 1. The third-order valence-corrected chi connectivity index (χ3v) is 3.02. The summed E-state index contributed by atoms with van der Waals surface area (Å²) in [5, 5.41) is 10.5. The molecule has 0 saturated heterocycles. The largest absolute Gasteiger partial charge is 0.497 e. The second kappa shape index (κ2) is 6.72. The second-order valence-corrected chi connectivity index (χ2v) is 4.59. The van der Waals surface area contributed by atoms with Gasteiger partial charge in [-0.05, 0) is 42.8 Å². The first-order chi connectivity index (χ1) is 10.1. The predicted octanol–water partition coefficient (Wildman–Crippen LogP) is 3.44. The van der Waals surface area contributed by atoms with Crippen molar-refractivity contribution >= 4 is 17.7 Å². The van der Waals surface area contributed by atoms with Crippen LogP contribution in [-0.2, 0) is 4.79 Å².